The van der Waals surface area contributed by atoms with Gasteiger partial charge in [-0.3, -0.25) is 0 Å². The Morgan fingerprint density at radius 2 is 1.05 bits per heavy atom. The van der Waals surface area contributed by atoms with Crippen molar-refractivity contribution >= 4 is 0 Å². The zero-order chi connectivity index (χ0) is 16.1. The summed E-state index contributed by atoms with van der Waals surface area (Å²) >= 11 is 0. The molecule has 0 bridgehead atoms. The van der Waals surface area contributed by atoms with Crippen LogP contribution in [-0.4, -0.2) is 40.9 Å². The van der Waals surface area contributed by atoms with Crippen molar-refractivity contribution in [2.45, 2.75) is 6.92 Å². The van der Waals surface area contributed by atoms with Gasteiger partial charge in [-0.2, -0.15) is 0 Å². The second-order valence-corrected chi connectivity index (χ2v) is 4.38. The maximum absolute atomic E-state index is 9.85. The van der Waals surface area contributed by atoms with Gasteiger partial charge in [0.15, 0.2) is 23.0 Å². The van der Waals surface area contributed by atoms with E-state index in [0.717, 1.165) is 6.07 Å². The van der Waals surface area contributed by atoms with Gasteiger partial charge < -0.3 is 40.9 Å². The van der Waals surface area contributed by atoms with Crippen LogP contribution in [0.3, 0.4) is 0 Å². The molecule has 0 fully saturated rings. The third kappa shape index (κ3) is 1.84. The Kier molecular flexibility index (Phi) is 3.02. The first-order chi connectivity index (χ1) is 9.68. The fourth-order valence-corrected chi connectivity index (χ4v) is 1.97. The zero-order valence-corrected chi connectivity index (χ0v) is 10.7. The lowest BCUT2D eigenvalue weighted by Gasteiger charge is -2.16. The van der Waals surface area contributed by atoms with Crippen molar-refractivity contribution in [2.75, 3.05) is 0 Å². The van der Waals surface area contributed by atoms with Gasteiger partial charge in [-0.15, -0.1) is 0 Å². The summed E-state index contributed by atoms with van der Waals surface area (Å²) in [6.07, 6.45) is 0. The first-order valence-corrected chi connectivity index (χ1v) is 5.62. The van der Waals surface area contributed by atoms with E-state index in [9.17, 15) is 40.9 Å². The van der Waals surface area contributed by atoms with Gasteiger partial charge in [-0.05, 0) is 13.0 Å². The van der Waals surface area contributed by atoms with Crippen molar-refractivity contribution in [1.29, 1.82) is 0 Å². The van der Waals surface area contributed by atoms with E-state index in [4.69, 9.17) is 0 Å². The molecule has 2 aromatic rings. The number of phenols is 8. The van der Waals surface area contributed by atoms with Gasteiger partial charge in [-0.1, -0.05) is 0 Å². The Hall–Kier alpha value is -3.16. The molecule has 8 nitrogen and oxygen atoms in total. The van der Waals surface area contributed by atoms with E-state index < -0.39 is 46.0 Å². The average Bonchev–Trinajstić information content (AvgIpc) is 2.46. The van der Waals surface area contributed by atoms with Crippen LogP contribution >= 0.6 is 0 Å². The third-order valence-corrected chi connectivity index (χ3v) is 3.14. The largest absolute Gasteiger partial charge is 0.504 e. The molecule has 8 heteroatoms. The smallest absolute Gasteiger partial charge is 0.204 e. The van der Waals surface area contributed by atoms with Crippen molar-refractivity contribution in [1.82, 2.24) is 0 Å². The SMILES string of the molecule is Cc1c(O)c(O)c(O)c(O)c1-c1cc(O)c(O)c(O)c1O. The van der Waals surface area contributed by atoms with Crippen LogP contribution in [0.5, 0.6) is 46.0 Å². The minimum atomic E-state index is -1.05. The molecule has 0 heterocycles. The lowest BCUT2D eigenvalue weighted by molar-refractivity contribution is 0.342. The predicted molar refractivity (Wildman–Crippen MR) is 69.9 cm³/mol. The molecular formula is C13H12O8. The fraction of sp³-hybridized carbons (Fsp3) is 0.0769. The summed E-state index contributed by atoms with van der Waals surface area (Å²) in [5, 5.41) is 76.5. The monoisotopic (exact) mass is 296 g/mol. The number of aromatic hydroxyl groups is 8. The molecule has 0 radical (unpaired) electrons. The lowest BCUT2D eigenvalue weighted by Crippen LogP contribution is -1.89. The van der Waals surface area contributed by atoms with Crippen molar-refractivity contribution in [2.24, 2.45) is 0 Å². The van der Waals surface area contributed by atoms with Crippen LogP contribution < -0.4 is 0 Å². The van der Waals surface area contributed by atoms with Crippen molar-refractivity contribution < 1.29 is 40.9 Å². The first kappa shape index (κ1) is 14.3. The number of rotatable bonds is 1. The van der Waals surface area contributed by atoms with Crippen LogP contribution in [0, 0.1) is 6.92 Å². The normalized spacial score (nSPS) is 10.7. The molecule has 0 aliphatic heterocycles. The van der Waals surface area contributed by atoms with Crippen molar-refractivity contribution in [3.05, 3.63) is 11.6 Å². The molecule has 0 saturated carbocycles. The molecule has 0 unspecified atom stereocenters. The highest BCUT2D eigenvalue weighted by atomic mass is 16.4. The van der Waals surface area contributed by atoms with Crippen LogP contribution in [-0.2, 0) is 0 Å². The Balaban J connectivity index is 2.93. The third-order valence-electron chi connectivity index (χ3n) is 3.14. The average molecular weight is 296 g/mol. The molecule has 2 rings (SSSR count). The van der Waals surface area contributed by atoms with E-state index in [1.54, 1.807) is 0 Å². The van der Waals surface area contributed by atoms with Gasteiger partial charge in [-0.25, -0.2) is 0 Å². The summed E-state index contributed by atoms with van der Waals surface area (Å²) in [5.74, 6) is -7.36. The van der Waals surface area contributed by atoms with E-state index in [-0.39, 0.29) is 16.7 Å². The quantitative estimate of drug-likeness (QED) is 0.288. The number of benzene rings is 2. The molecular weight excluding hydrogens is 284 g/mol. The van der Waals surface area contributed by atoms with Crippen LogP contribution in [0.1, 0.15) is 5.56 Å². The van der Waals surface area contributed by atoms with Crippen LogP contribution in [0.15, 0.2) is 6.07 Å². The Morgan fingerprint density at radius 1 is 0.571 bits per heavy atom. The van der Waals surface area contributed by atoms with E-state index >= 15 is 0 Å². The Labute approximate surface area is 117 Å². The fourth-order valence-electron chi connectivity index (χ4n) is 1.97. The molecule has 112 valence electrons. The van der Waals surface area contributed by atoms with E-state index in [0.29, 0.717) is 0 Å². The highest BCUT2D eigenvalue weighted by molar-refractivity contribution is 5.88. The maximum atomic E-state index is 9.85. The molecule has 0 aliphatic rings. The zero-order valence-electron chi connectivity index (χ0n) is 10.7. The molecule has 0 aromatic heterocycles. The van der Waals surface area contributed by atoms with Gasteiger partial charge >= 0.3 is 0 Å². The van der Waals surface area contributed by atoms with E-state index in [1.165, 1.54) is 6.92 Å². The number of phenolic OH excluding ortho intramolecular Hbond substituents is 8. The van der Waals surface area contributed by atoms with Gasteiger partial charge in [0.1, 0.15) is 0 Å². The number of hydrogen-bond acceptors (Lipinski definition) is 8. The van der Waals surface area contributed by atoms with Gasteiger partial charge in [0.2, 0.25) is 23.0 Å². The standard InChI is InChI=1S/C13H12O8/c1-3-6(10(18)13(21)11(19)7(3)15)4-2-5(14)9(17)12(20)8(4)16/h2,14-21H,1H3. The minimum Gasteiger partial charge on any atom is -0.504 e. The highest BCUT2D eigenvalue weighted by Crippen LogP contribution is 2.55. The second-order valence-electron chi connectivity index (χ2n) is 4.38. The molecule has 8 N–H and O–H groups in total. The van der Waals surface area contributed by atoms with Crippen molar-refractivity contribution in [3.63, 3.8) is 0 Å². The number of hydrogen-bond donors (Lipinski definition) is 8. The summed E-state index contributed by atoms with van der Waals surface area (Å²) in [6.45, 7) is 1.25. The van der Waals surface area contributed by atoms with Crippen LogP contribution in [0.2, 0.25) is 0 Å². The van der Waals surface area contributed by atoms with Crippen LogP contribution in [0.4, 0.5) is 0 Å². The summed E-state index contributed by atoms with van der Waals surface area (Å²) < 4.78 is 0. The molecule has 0 aliphatic carbocycles. The summed E-state index contributed by atoms with van der Waals surface area (Å²) in [6, 6.07) is 0.808. The van der Waals surface area contributed by atoms with Gasteiger partial charge in [0.05, 0.1) is 0 Å². The Bertz CT molecular complexity index is 722. The lowest BCUT2D eigenvalue weighted by atomic mass is 9.95. The topological polar surface area (TPSA) is 162 Å². The second kappa shape index (κ2) is 4.44. The maximum Gasteiger partial charge on any atom is 0.204 e. The highest BCUT2D eigenvalue weighted by Gasteiger charge is 2.26. The van der Waals surface area contributed by atoms with E-state index in [1.807, 2.05) is 0 Å². The van der Waals surface area contributed by atoms with E-state index in [2.05, 4.69) is 0 Å². The summed E-state index contributed by atoms with van der Waals surface area (Å²) in [5.41, 5.74) is -0.850. The minimum absolute atomic E-state index is 0.136. The molecule has 2 aromatic carbocycles. The Morgan fingerprint density at radius 3 is 1.62 bits per heavy atom. The van der Waals surface area contributed by atoms with Gasteiger partial charge in [0.25, 0.3) is 0 Å². The first-order valence-electron chi connectivity index (χ1n) is 5.62. The van der Waals surface area contributed by atoms with Crippen molar-refractivity contribution in [3.8, 4) is 57.1 Å². The molecule has 0 atom stereocenters. The molecule has 0 saturated heterocycles. The predicted octanol–water partition coefficient (Wildman–Crippen LogP) is 1.31. The summed E-state index contributed by atoms with van der Waals surface area (Å²) in [4.78, 5) is 0. The van der Waals surface area contributed by atoms with Crippen LogP contribution in [0.25, 0.3) is 11.1 Å². The molecule has 21 heavy (non-hydrogen) atoms. The molecule has 0 spiro atoms. The van der Waals surface area contributed by atoms with Gasteiger partial charge in [0, 0.05) is 16.7 Å². The summed E-state index contributed by atoms with van der Waals surface area (Å²) in [7, 11) is 0. The molecule has 0 amide bonds.